The van der Waals surface area contributed by atoms with Gasteiger partial charge in [-0.2, -0.15) is 5.10 Å². The Morgan fingerprint density at radius 1 is 0.963 bits per heavy atom. The highest BCUT2D eigenvalue weighted by Gasteiger charge is 2.10. The summed E-state index contributed by atoms with van der Waals surface area (Å²) in [6.07, 6.45) is 2.35. The molecule has 2 rings (SSSR count). The van der Waals surface area contributed by atoms with Crippen molar-refractivity contribution in [3.05, 3.63) is 65.7 Å². The molecule has 2 N–H and O–H groups in total. The molecule has 5 nitrogen and oxygen atoms in total. The van der Waals surface area contributed by atoms with E-state index in [1.54, 1.807) is 24.3 Å². The van der Waals surface area contributed by atoms with Crippen molar-refractivity contribution in [1.29, 1.82) is 0 Å². The molecule has 0 saturated heterocycles. The Labute approximate surface area is 160 Å². The first-order chi connectivity index (χ1) is 13.0. The minimum Gasteiger partial charge on any atom is -0.326 e. The molecule has 2 amide bonds. The monoisotopic (exact) mass is 365 g/mol. The summed E-state index contributed by atoms with van der Waals surface area (Å²) in [7, 11) is 0. The van der Waals surface area contributed by atoms with Gasteiger partial charge in [0.25, 0.3) is 5.91 Å². The van der Waals surface area contributed by atoms with Gasteiger partial charge < -0.3 is 5.32 Å². The number of hydrazone groups is 1. The number of hydrogen-bond acceptors (Lipinski definition) is 3. The number of hydrogen-bond donors (Lipinski definition) is 2. The minimum absolute atomic E-state index is 0.0110. The van der Waals surface area contributed by atoms with E-state index in [1.165, 1.54) is 0 Å². The zero-order valence-corrected chi connectivity index (χ0v) is 16.2. The largest absolute Gasteiger partial charge is 0.326 e. The predicted molar refractivity (Wildman–Crippen MR) is 110 cm³/mol. The molecule has 2 aromatic carbocycles. The molecule has 0 bridgehead atoms. The molecule has 0 heterocycles. The van der Waals surface area contributed by atoms with Crippen LogP contribution in [0.5, 0.6) is 0 Å². The van der Waals surface area contributed by atoms with Crippen LogP contribution < -0.4 is 10.7 Å². The van der Waals surface area contributed by atoms with Gasteiger partial charge in [-0.15, -0.1) is 0 Å². The van der Waals surface area contributed by atoms with Crippen molar-refractivity contribution >= 4 is 23.2 Å². The number of nitrogens with zero attached hydrogens (tertiary/aromatic N) is 1. The van der Waals surface area contributed by atoms with Gasteiger partial charge >= 0.3 is 0 Å². The third-order valence-electron chi connectivity index (χ3n) is 4.08. The number of benzene rings is 2. The lowest BCUT2D eigenvalue weighted by molar-refractivity contribution is -0.116. The van der Waals surface area contributed by atoms with Gasteiger partial charge in [0.1, 0.15) is 0 Å². The zero-order valence-electron chi connectivity index (χ0n) is 16.2. The summed E-state index contributed by atoms with van der Waals surface area (Å²) >= 11 is 0. The van der Waals surface area contributed by atoms with Gasteiger partial charge in [-0.3, -0.25) is 9.59 Å². The quantitative estimate of drug-likeness (QED) is 0.530. The van der Waals surface area contributed by atoms with Crippen LogP contribution in [0.3, 0.4) is 0 Å². The Balaban J connectivity index is 2.01. The van der Waals surface area contributed by atoms with Crippen molar-refractivity contribution in [3.8, 4) is 0 Å². The van der Waals surface area contributed by atoms with Gasteiger partial charge in [-0.1, -0.05) is 57.5 Å². The van der Waals surface area contributed by atoms with E-state index in [2.05, 4.69) is 15.8 Å². The van der Waals surface area contributed by atoms with Gasteiger partial charge in [0, 0.05) is 17.7 Å². The van der Waals surface area contributed by atoms with E-state index in [1.807, 2.05) is 51.1 Å². The fraction of sp³-hybridized carbons (Fsp3) is 0.318. The van der Waals surface area contributed by atoms with E-state index in [4.69, 9.17) is 0 Å². The molecule has 0 unspecified atom stereocenters. The second-order valence-electron chi connectivity index (χ2n) is 6.69. The second kappa shape index (κ2) is 10.3. The fourth-order valence-electron chi connectivity index (χ4n) is 2.58. The Hall–Kier alpha value is -2.95. The second-order valence-corrected chi connectivity index (χ2v) is 6.69. The summed E-state index contributed by atoms with van der Waals surface area (Å²) in [4.78, 5) is 24.1. The lowest BCUT2D eigenvalue weighted by atomic mass is 10.0. The molecular formula is C22H27N3O2. The minimum atomic E-state index is -0.284. The fourth-order valence-corrected chi connectivity index (χ4v) is 2.58. The normalized spacial score (nSPS) is 11.3. The van der Waals surface area contributed by atoms with Crippen LogP contribution in [0.2, 0.25) is 0 Å². The average Bonchev–Trinajstić information content (AvgIpc) is 2.67. The Morgan fingerprint density at radius 3 is 2.22 bits per heavy atom. The number of unbranched alkanes of at least 4 members (excludes halogenated alkanes) is 1. The van der Waals surface area contributed by atoms with E-state index in [-0.39, 0.29) is 17.7 Å². The highest BCUT2D eigenvalue weighted by molar-refractivity contribution is 6.03. The number of rotatable bonds is 8. The number of anilines is 1. The molecule has 2 aromatic rings. The van der Waals surface area contributed by atoms with Crippen LogP contribution in [0.15, 0.2) is 59.7 Å². The predicted octanol–water partition coefficient (Wildman–Crippen LogP) is 4.61. The van der Waals surface area contributed by atoms with E-state index in [9.17, 15) is 9.59 Å². The van der Waals surface area contributed by atoms with Gasteiger partial charge in [-0.25, -0.2) is 5.43 Å². The highest BCUT2D eigenvalue weighted by atomic mass is 16.2. The molecule has 0 fully saturated rings. The topological polar surface area (TPSA) is 70.6 Å². The van der Waals surface area contributed by atoms with Crippen LogP contribution in [0.1, 0.15) is 56.0 Å². The van der Waals surface area contributed by atoms with Crippen molar-refractivity contribution < 1.29 is 9.59 Å². The van der Waals surface area contributed by atoms with Crippen LogP contribution in [0, 0.1) is 5.92 Å². The number of carbonyl (C=O) groups excluding carboxylic acids is 2. The standard InChI is InChI=1S/C22H27N3O2/c1-4-5-11-20(26)23-19-14-12-18(13-15-19)22(27)25-24-21(16(2)3)17-9-7-6-8-10-17/h6-10,12-16H,4-5,11H2,1-3H3,(H,23,26)(H,25,27). The third-order valence-corrected chi connectivity index (χ3v) is 4.08. The number of nitrogens with one attached hydrogen (secondary N) is 2. The van der Waals surface area contributed by atoms with Crippen molar-refractivity contribution in [1.82, 2.24) is 5.43 Å². The smallest absolute Gasteiger partial charge is 0.271 e. The van der Waals surface area contributed by atoms with E-state index >= 15 is 0 Å². The van der Waals surface area contributed by atoms with Gasteiger partial charge in [-0.05, 0) is 42.2 Å². The Morgan fingerprint density at radius 2 is 1.63 bits per heavy atom. The number of amides is 2. The molecule has 0 atom stereocenters. The van der Waals surface area contributed by atoms with Crippen molar-refractivity contribution in [3.63, 3.8) is 0 Å². The maximum Gasteiger partial charge on any atom is 0.271 e. The lowest BCUT2D eigenvalue weighted by Crippen LogP contribution is -2.22. The lowest BCUT2D eigenvalue weighted by Gasteiger charge is -2.11. The SMILES string of the molecule is CCCCC(=O)Nc1ccc(C(=O)NN=C(c2ccccc2)C(C)C)cc1. The van der Waals surface area contributed by atoms with Crippen molar-refractivity contribution in [2.45, 2.75) is 40.0 Å². The van der Waals surface area contributed by atoms with Crippen LogP contribution in [-0.2, 0) is 4.79 Å². The van der Waals surface area contributed by atoms with Gasteiger partial charge in [0.15, 0.2) is 0 Å². The molecule has 0 aliphatic carbocycles. The Kier molecular flexibility index (Phi) is 7.74. The summed E-state index contributed by atoms with van der Waals surface area (Å²) in [5.41, 5.74) is 5.61. The molecule has 0 saturated carbocycles. The molecule has 0 aliphatic rings. The van der Waals surface area contributed by atoms with Crippen LogP contribution in [-0.4, -0.2) is 17.5 Å². The van der Waals surface area contributed by atoms with Crippen LogP contribution in [0.4, 0.5) is 5.69 Å². The molecule has 0 aliphatic heterocycles. The van der Waals surface area contributed by atoms with Gasteiger partial charge in [0.2, 0.25) is 5.91 Å². The molecular weight excluding hydrogens is 338 g/mol. The first-order valence-electron chi connectivity index (χ1n) is 9.34. The average molecular weight is 365 g/mol. The molecule has 5 heteroatoms. The number of carbonyl (C=O) groups is 2. The summed E-state index contributed by atoms with van der Waals surface area (Å²) in [5, 5.41) is 7.15. The summed E-state index contributed by atoms with van der Waals surface area (Å²) in [6.45, 7) is 6.12. The van der Waals surface area contributed by atoms with E-state index in [0.717, 1.165) is 24.1 Å². The summed E-state index contributed by atoms with van der Waals surface area (Å²) < 4.78 is 0. The third kappa shape index (κ3) is 6.37. The van der Waals surface area contributed by atoms with Crippen LogP contribution in [0.25, 0.3) is 0 Å². The molecule has 0 radical (unpaired) electrons. The molecule has 27 heavy (non-hydrogen) atoms. The maximum absolute atomic E-state index is 12.4. The summed E-state index contributed by atoms with van der Waals surface area (Å²) in [5.74, 6) is -0.121. The van der Waals surface area contributed by atoms with E-state index < -0.39 is 0 Å². The molecule has 0 spiro atoms. The van der Waals surface area contributed by atoms with Crippen molar-refractivity contribution in [2.75, 3.05) is 5.32 Å². The Bertz CT molecular complexity index is 781. The van der Waals surface area contributed by atoms with Crippen molar-refractivity contribution in [2.24, 2.45) is 11.0 Å². The van der Waals surface area contributed by atoms with E-state index in [0.29, 0.717) is 17.7 Å². The first kappa shape index (κ1) is 20.4. The summed E-state index contributed by atoms with van der Waals surface area (Å²) in [6, 6.07) is 16.6. The highest BCUT2D eigenvalue weighted by Crippen LogP contribution is 2.12. The zero-order chi connectivity index (χ0) is 19.6. The van der Waals surface area contributed by atoms with Crippen LogP contribution >= 0.6 is 0 Å². The first-order valence-corrected chi connectivity index (χ1v) is 9.34. The maximum atomic E-state index is 12.4. The molecule has 0 aromatic heterocycles. The molecule has 142 valence electrons. The van der Waals surface area contributed by atoms with Gasteiger partial charge in [0.05, 0.1) is 5.71 Å².